The zero-order valence-corrected chi connectivity index (χ0v) is 11.6. The fourth-order valence-corrected chi connectivity index (χ4v) is 2.04. The molecule has 0 N–H and O–H groups in total. The van der Waals surface area contributed by atoms with Crippen molar-refractivity contribution in [3.8, 4) is 0 Å². The summed E-state index contributed by atoms with van der Waals surface area (Å²) in [4.78, 5) is 18.4. The second kappa shape index (κ2) is 5.69. The van der Waals surface area contributed by atoms with Crippen LogP contribution in [0.1, 0.15) is 23.7 Å². The first-order valence-corrected chi connectivity index (χ1v) is 6.46. The van der Waals surface area contributed by atoms with E-state index in [1.165, 1.54) is 0 Å². The number of ketones is 1. The molecular formula is C15H19N3O. The highest BCUT2D eigenvalue weighted by Gasteiger charge is 2.13. The average molecular weight is 257 g/mol. The molecule has 2 aromatic rings. The summed E-state index contributed by atoms with van der Waals surface area (Å²) in [5.41, 5.74) is 1.60. The van der Waals surface area contributed by atoms with Crippen LogP contribution in [0.25, 0.3) is 11.0 Å². The van der Waals surface area contributed by atoms with Crippen molar-refractivity contribution in [1.29, 1.82) is 0 Å². The number of fused-ring (bicyclic) bond motifs is 1. The third-order valence-corrected chi connectivity index (χ3v) is 2.89. The molecule has 0 bridgehead atoms. The van der Waals surface area contributed by atoms with E-state index in [1.807, 2.05) is 41.9 Å². The lowest BCUT2D eigenvalue weighted by Crippen LogP contribution is -2.03. The summed E-state index contributed by atoms with van der Waals surface area (Å²) in [5, 5.41) is 0.921. The van der Waals surface area contributed by atoms with Crippen LogP contribution >= 0.6 is 0 Å². The van der Waals surface area contributed by atoms with Gasteiger partial charge in [-0.1, -0.05) is 6.92 Å². The van der Waals surface area contributed by atoms with Gasteiger partial charge in [-0.25, -0.2) is 4.98 Å². The Morgan fingerprint density at radius 2 is 2.26 bits per heavy atom. The number of allylic oxidation sites excluding steroid dienone is 1. The molecule has 0 saturated heterocycles. The number of nitrogens with zero attached hydrogens (tertiary/aromatic N) is 3. The molecule has 0 spiro atoms. The highest BCUT2D eigenvalue weighted by atomic mass is 16.1. The van der Waals surface area contributed by atoms with Crippen molar-refractivity contribution in [1.82, 2.24) is 14.5 Å². The first-order chi connectivity index (χ1) is 9.13. The predicted octanol–water partition coefficient (Wildman–Crippen LogP) is 2.70. The minimum Gasteiger partial charge on any atom is -0.383 e. The van der Waals surface area contributed by atoms with Crippen LogP contribution < -0.4 is 0 Å². The van der Waals surface area contributed by atoms with Crippen LogP contribution in [0.15, 0.2) is 36.8 Å². The third kappa shape index (κ3) is 2.84. The fourth-order valence-electron chi connectivity index (χ4n) is 2.04. The van der Waals surface area contributed by atoms with Crippen LogP contribution in [-0.2, 0) is 6.54 Å². The van der Waals surface area contributed by atoms with E-state index in [1.54, 1.807) is 18.5 Å². The van der Waals surface area contributed by atoms with E-state index < -0.39 is 0 Å². The van der Waals surface area contributed by atoms with Crippen LogP contribution in [0, 0.1) is 0 Å². The Balaban J connectivity index is 2.46. The standard InChI is InChI=1S/C15H19N3O/c1-4-9-18-11-13(14(19)7-10-17(2)3)12-6-5-8-16-15(12)18/h5-8,10-11H,4,9H2,1-3H3. The summed E-state index contributed by atoms with van der Waals surface area (Å²) in [6, 6.07) is 3.82. The molecule has 19 heavy (non-hydrogen) atoms. The molecule has 0 unspecified atom stereocenters. The van der Waals surface area contributed by atoms with Gasteiger partial charge >= 0.3 is 0 Å². The van der Waals surface area contributed by atoms with Crippen molar-refractivity contribution < 1.29 is 4.79 Å². The fraction of sp³-hybridized carbons (Fsp3) is 0.333. The van der Waals surface area contributed by atoms with Gasteiger partial charge in [0.05, 0.1) is 0 Å². The Hall–Kier alpha value is -2.10. The topological polar surface area (TPSA) is 38.1 Å². The van der Waals surface area contributed by atoms with Crippen LogP contribution in [0.2, 0.25) is 0 Å². The molecule has 4 heteroatoms. The van der Waals surface area contributed by atoms with E-state index in [4.69, 9.17) is 0 Å². The van der Waals surface area contributed by atoms with Crippen LogP contribution in [0.4, 0.5) is 0 Å². The minimum atomic E-state index is 0.0153. The molecule has 0 saturated carbocycles. The van der Waals surface area contributed by atoms with Gasteiger partial charge in [-0.2, -0.15) is 0 Å². The second-order valence-electron chi connectivity index (χ2n) is 4.75. The van der Waals surface area contributed by atoms with E-state index in [0.717, 1.165) is 29.6 Å². The lowest BCUT2D eigenvalue weighted by molar-refractivity contribution is 0.104. The predicted molar refractivity (Wildman–Crippen MR) is 77.2 cm³/mol. The highest BCUT2D eigenvalue weighted by Crippen LogP contribution is 2.20. The van der Waals surface area contributed by atoms with Gasteiger partial charge in [0.25, 0.3) is 0 Å². The number of rotatable bonds is 5. The zero-order valence-electron chi connectivity index (χ0n) is 11.6. The van der Waals surface area contributed by atoms with Crippen molar-refractivity contribution in [2.45, 2.75) is 19.9 Å². The summed E-state index contributed by atoms with van der Waals surface area (Å²) in [7, 11) is 3.79. The smallest absolute Gasteiger partial charge is 0.189 e. The number of aryl methyl sites for hydroxylation is 1. The Morgan fingerprint density at radius 3 is 2.95 bits per heavy atom. The van der Waals surface area contributed by atoms with Crippen molar-refractivity contribution in [3.05, 3.63) is 42.4 Å². The Morgan fingerprint density at radius 1 is 1.47 bits per heavy atom. The third-order valence-electron chi connectivity index (χ3n) is 2.89. The van der Waals surface area contributed by atoms with Gasteiger partial charge < -0.3 is 9.47 Å². The largest absolute Gasteiger partial charge is 0.383 e. The molecule has 100 valence electrons. The second-order valence-corrected chi connectivity index (χ2v) is 4.75. The average Bonchev–Trinajstić information content (AvgIpc) is 2.76. The quantitative estimate of drug-likeness (QED) is 0.610. The van der Waals surface area contributed by atoms with Gasteiger partial charge in [0.1, 0.15) is 5.65 Å². The summed E-state index contributed by atoms with van der Waals surface area (Å²) >= 11 is 0. The molecule has 2 heterocycles. The monoisotopic (exact) mass is 257 g/mol. The van der Waals surface area contributed by atoms with E-state index in [-0.39, 0.29) is 5.78 Å². The van der Waals surface area contributed by atoms with Gasteiger partial charge in [0, 0.05) is 56.3 Å². The molecule has 0 aromatic carbocycles. The zero-order chi connectivity index (χ0) is 13.8. The number of hydrogen-bond acceptors (Lipinski definition) is 3. The molecule has 0 fully saturated rings. The molecule has 0 amide bonds. The first kappa shape index (κ1) is 13.3. The summed E-state index contributed by atoms with van der Waals surface area (Å²) in [5.74, 6) is 0.0153. The highest BCUT2D eigenvalue weighted by molar-refractivity contribution is 6.12. The van der Waals surface area contributed by atoms with Crippen molar-refractivity contribution in [3.63, 3.8) is 0 Å². The summed E-state index contributed by atoms with van der Waals surface area (Å²) in [6.07, 6.45) is 8.04. The lowest BCUT2D eigenvalue weighted by atomic mass is 10.1. The molecule has 0 radical (unpaired) electrons. The van der Waals surface area contributed by atoms with E-state index >= 15 is 0 Å². The van der Waals surface area contributed by atoms with Crippen molar-refractivity contribution in [2.24, 2.45) is 0 Å². The SMILES string of the molecule is CCCn1cc(C(=O)C=CN(C)C)c2cccnc21. The van der Waals surface area contributed by atoms with Crippen molar-refractivity contribution >= 4 is 16.8 Å². The number of carbonyl (C=O) groups excluding carboxylic acids is 1. The normalized spacial score (nSPS) is 11.3. The molecular weight excluding hydrogens is 238 g/mol. The van der Waals surface area contributed by atoms with Gasteiger partial charge in [0.15, 0.2) is 5.78 Å². The van der Waals surface area contributed by atoms with Gasteiger partial charge in [-0.15, -0.1) is 0 Å². The van der Waals surface area contributed by atoms with Crippen LogP contribution in [-0.4, -0.2) is 34.3 Å². The molecule has 4 nitrogen and oxygen atoms in total. The minimum absolute atomic E-state index is 0.0153. The molecule has 2 rings (SSSR count). The van der Waals surface area contributed by atoms with Gasteiger partial charge in [-0.3, -0.25) is 4.79 Å². The maximum absolute atomic E-state index is 12.2. The van der Waals surface area contributed by atoms with E-state index in [0.29, 0.717) is 0 Å². The van der Waals surface area contributed by atoms with Crippen LogP contribution in [0.5, 0.6) is 0 Å². The number of aromatic nitrogens is 2. The van der Waals surface area contributed by atoms with Crippen LogP contribution in [0.3, 0.4) is 0 Å². The summed E-state index contributed by atoms with van der Waals surface area (Å²) in [6.45, 7) is 2.99. The number of hydrogen-bond donors (Lipinski definition) is 0. The molecule has 2 aromatic heterocycles. The molecule has 0 aliphatic rings. The van der Waals surface area contributed by atoms with Gasteiger partial charge in [0.2, 0.25) is 0 Å². The van der Waals surface area contributed by atoms with Gasteiger partial charge in [-0.05, 0) is 18.6 Å². The molecule has 0 atom stereocenters. The summed E-state index contributed by atoms with van der Waals surface area (Å²) < 4.78 is 2.05. The molecule has 0 aliphatic carbocycles. The molecule has 0 aliphatic heterocycles. The lowest BCUT2D eigenvalue weighted by Gasteiger charge is -2.02. The van der Waals surface area contributed by atoms with Crippen molar-refractivity contribution in [2.75, 3.05) is 14.1 Å². The first-order valence-electron chi connectivity index (χ1n) is 6.46. The Bertz CT molecular complexity index is 611. The van der Waals surface area contributed by atoms with E-state index in [9.17, 15) is 4.79 Å². The maximum atomic E-state index is 12.2. The van der Waals surface area contributed by atoms with E-state index in [2.05, 4.69) is 11.9 Å². The number of carbonyl (C=O) groups is 1. The maximum Gasteiger partial charge on any atom is 0.189 e. The number of pyridine rings is 1. The Kier molecular flexibility index (Phi) is 4.00. The Labute approximate surface area is 113 Å².